The summed E-state index contributed by atoms with van der Waals surface area (Å²) < 4.78 is 17.9. The Labute approximate surface area is 142 Å². The molecule has 0 saturated carbocycles. The Morgan fingerprint density at radius 1 is 1.33 bits per heavy atom. The van der Waals surface area contributed by atoms with Gasteiger partial charge < -0.3 is 9.42 Å². The minimum absolute atomic E-state index is 0.112. The zero-order chi connectivity index (χ0) is 17.1. The molecular weight excluding hydrogens is 329 g/mol. The van der Waals surface area contributed by atoms with Gasteiger partial charge in [-0.15, -0.1) is 11.3 Å². The summed E-state index contributed by atoms with van der Waals surface area (Å²) in [5, 5.41) is 4.70. The maximum absolute atomic E-state index is 12.9. The molecule has 0 spiro atoms. The number of rotatable bonds is 5. The highest BCUT2D eigenvalue weighted by atomic mass is 32.1. The SMILES string of the molecule is Cc1cc(CN(C)C(=O)c2cnc(Cc3ccc(F)cc3)s2)no1. The molecule has 0 bridgehead atoms. The predicted molar refractivity (Wildman–Crippen MR) is 88.4 cm³/mol. The van der Waals surface area contributed by atoms with Gasteiger partial charge in [-0.2, -0.15) is 0 Å². The van der Waals surface area contributed by atoms with E-state index in [-0.39, 0.29) is 11.7 Å². The third-order valence-corrected chi connectivity index (χ3v) is 4.44. The molecule has 0 N–H and O–H groups in total. The molecule has 124 valence electrons. The Hall–Kier alpha value is -2.54. The van der Waals surface area contributed by atoms with Crippen molar-refractivity contribution in [3.8, 4) is 0 Å². The monoisotopic (exact) mass is 345 g/mol. The Kier molecular flexibility index (Phi) is 4.71. The van der Waals surface area contributed by atoms with Crippen molar-refractivity contribution in [3.05, 3.63) is 69.2 Å². The highest BCUT2D eigenvalue weighted by Crippen LogP contribution is 2.19. The lowest BCUT2D eigenvalue weighted by atomic mass is 10.2. The van der Waals surface area contributed by atoms with Crippen LogP contribution < -0.4 is 0 Å². The van der Waals surface area contributed by atoms with E-state index in [1.165, 1.54) is 23.5 Å². The second-order valence-corrected chi connectivity index (χ2v) is 6.63. The van der Waals surface area contributed by atoms with Crippen molar-refractivity contribution in [2.45, 2.75) is 19.9 Å². The van der Waals surface area contributed by atoms with Crippen LogP contribution in [0.5, 0.6) is 0 Å². The minimum Gasteiger partial charge on any atom is -0.361 e. The molecule has 2 aromatic heterocycles. The van der Waals surface area contributed by atoms with Gasteiger partial charge in [0.25, 0.3) is 5.91 Å². The molecule has 0 fully saturated rings. The average Bonchev–Trinajstić information content (AvgIpc) is 3.18. The topological polar surface area (TPSA) is 59.2 Å². The number of aryl methyl sites for hydroxylation is 1. The van der Waals surface area contributed by atoms with Gasteiger partial charge in [-0.1, -0.05) is 17.3 Å². The quantitative estimate of drug-likeness (QED) is 0.711. The molecule has 0 aliphatic heterocycles. The second kappa shape index (κ2) is 6.92. The summed E-state index contributed by atoms with van der Waals surface area (Å²) in [4.78, 5) is 18.9. The van der Waals surface area contributed by atoms with Gasteiger partial charge >= 0.3 is 0 Å². The normalized spacial score (nSPS) is 10.8. The fourth-order valence-electron chi connectivity index (χ4n) is 2.26. The molecule has 0 radical (unpaired) electrons. The van der Waals surface area contributed by atoms with E-state index in [0.717, 1.165) is 10.6 Å². The number of aromatic nitrogens is 2. The van der Waals surface area contributed by atoms with Gasteiger partial charge in [0.1, 0.15) is 22.1 Å². The third kappa shape index (κ3) is 3.86. The van der Waals surface area contributed by atoms with E-state index in [4.69, 9.17) is 4.52 Å². The Balaban J connectivity index is 1.65. The molecule has 0 aliphatic rings. The van der Waals surface area contributed by atoms with E-state index in [0.29, 0.717) is 29.3 Å². The number of hydrogen-bond acceptors (Lipinski definition) is 5. The van der Waals surface area contributed by atoms with Gasteiger partial charge in [-0.3, -0.25) is 4.79 Å². The minimum atomic E-state index is -0.265. The first-order valence-electron chi connectivity index (χ1n) is 7.38. The first kappa shape index (κ1) is 16.3. The number of carbonyl (C=O) groups is 1. The molecule has 0 atom stereocenters. The Morgan fingerprint density at radius 3 is 2.75 bits per heavy atom. The number of amides is 1. The van der Waals surface area contributed by atoms with Crippen molar-refractivity contribution >= 4 is 17.2 Å². The molecular formula is C17H16FN3O2S. The first-order valence-corrected chi connectivity index (χ1v) is 8.20. The summed E-state index contributed by atoms with van der Waals surface area (Å²) in [5.74, 6) is 0.335. The summed E-state index contributed by atoms with van der Waals surface area (Å²) >= 11 is 1.34. The van der Waals surface area contributed by atoms with E-state index in [2.05, 4.69) is 10.1 Å². The molecule has 0 aliphatic carbocycles. The Morgan fingerprint density at radius 2 is 2.08 bits per heavy atom. The van der Waals surface area contributed by atoms with Crippen molar-refractivity contribution < 1.29 is 13.7 Å². The van der Waals surface area contributed by atoms with Crippen LogP contribution in [0.4, 0.5) is 4.39 Å². The maximum atomic E-state index is 12.9. The highest BCUT2D eigenvalue weighted by Gasteiger charge is 2.17. The molecule has 0 saturated heterocycles. The van der Waals surface area contributed by atoms with E-state index in [1.54, 1.807) is 36.3 Å². The summed E-state index contributed by atoms with van der Waals surface area (Å²) in [6.07, 6.45) is 2.15. The lowest BCUT2D eigenvalue weighted by Gasteiger charge is -2.13. The van der Waals surface area contributed by atoms with Crippen LogP contribution in [0.1, 0.15) is 31.7 Å². The van der Waals surface area contributed by atoms with Crippen LogP contribution >= 0.6 is 11.3 Å². The molecule has 5 nitrogen and oxygen atoms in total. The van der Waals surface area contributed by atoms with Crippen LogP contribution in [0.15, 0.2) is 41.1 Å². The summed E-state index contributed by atoms with van der Waals surface area (Å²) in [6, 6.07) is 8.08. The average molecular weight is 345 g/mol. The number of thiazole rings is 1. The zero-order valence-electron chi connectivity index (χ0n) is 13.3. The predicted octanol–water partition coefficient (Wildman–Crippen LogP) is 3.44. The molecule has 3 aromatic rings. The van der Waals surface area contributed by atoms with Crippen LogP contribution in [0.2, 0.25) is 0 Å². The number of hydrogen-bond donors (Lipinski definition) is 0. The van der Waals surface area contributed by atoms with Gasteiger partial charge in [-0.25, -0.2) is 9.37 Å². The fourth-order valence-corrected chi connectivity index (χ4v) is 3.21. The Bertz CT molecular complexity index is 842. The molecule has 7 heteroatoms. The number of benzene rings is 1. The lowest BCUT2D eigenvalue weighted by Crippen LogP contribution is -2.25. The summed E-state index contributed by atoms with van der Waals surface area (Å²) in [5.41, 5.74) is 1.66. The largest absolute Gasteiger partial charge is 0.361 e. The van der Waals surface area contributed by atoms with Gasteiger partial charge in [0.15, 0.2) is 0 Å². The molecule has 0 unspecified atom stereocenters. The number of nitrogens with zero attached hydrogens (tertiary/aromatic N) is 3. The van der Waals surface area contributed by atoms with E-state index < -0.39 is 0 Å². The van der Waals surface area contributed by atoms with Crippen LogP contribution in [-0.2, 0) is 13.0 Å². The maximum Gasteiger partial charge on any atom is 0.265 e. The van der Waals surface area contributed by atoms with Crippen molar-refractivity contribution in [1.82, 2.24) is 15.0 Å². The standard InChI is InChI=1S/C17H16FN3O2S/c1-11-7-14(20-23-11)10-21(2)17(22)15-9-19-16(24-15)8-12-3-5-13(18)6-4-12/h3-7,9H,8,10H2,1-2H3. The van der Waals surface area contributed by atoms with Crippen LogP contribution in [0.3, 0.4) is 0 Å². The summed E-state index contributed by atoms with van der Waals surface area (Å²) in [7, 11) is 1.71. The summed E-state index contributed by atoms with van der Waals surface area (Å²) in [6.45, 7) is 2.19. The smallest absolute Gasteiger partial charge is 0.265 e. The molecule has 3 rings (SSSR count). The van der Waals surface area contributed by atoms with E-state index in [1.807, 2.05) is 6.92 Å². The second-order valence-electron chi connectivity index (χ2n) is 5.51. The van der Waals surface area contributed by atoms with Gasteiger partial charge in [-0.05, 0) is 24.6 Å². The van der Waals surface area contributed by atoms with Crippen molar-refractivity contribution in [3.63, 3.8) is 0 Å². The molecule has 24 heavy (non-hydrogen) atoms. The highest BCUT2D eigenvalue weighted by molar-refractivity contribution is 7.13. The van der Waals surface area contributed by atoms with Gasteiger partial charge in [0.05, 0.1) is 17.7 Å². The van der Waals surface area contributed by atoms with Crippen molar-refractivity contribution in [1.29, 1.82) is 0 Å². The molecule has 1 amide bonds. The molecule has 1 aromatic carbocycles. The van der Waals surface area contributed by atoms with E-state index in [9.17, 15) is 9.18 Å². The lowest BCUT2D eigenvalue weighted by molar-refractivity contribution is 0.0786. The van der Waals surface area contributed by atoms with E-state index >= 15 is 0 Å². The van der Waals surface area contributed by atoms with Crippen LogP contribution in [0.25, 0.3) is 0 Å². The molecule has 2 heterocycles. The first-order chi connectivity index (χ1) is 11.5. The number of halogens is 1. The van der Waals surface area contributed by atoms with Gasteiger partial charge in [0.2, 0.25) is 0 Å². The fraction of sp³-hybridized carbons (Fsp3) is 0.235. The van der Waals surface area contributed by atoms with Crippen LogP contribution in [0, 0.1) is 12.7 Å². The van der Waals surface area contributed by atoms with Crippen LogP contribution in [-0.4, -0.2) is 28.0 Å². The zero-order valence-corrected chi connectivity index (χ0v) is 14.1. The van der Waals surface area contributed by atoms with Crippen molar-refractivity contribution in [2.24, 2.45) is 0 Å². The number of carbonyl (C=O) groups excluding carboxylic acids is 1. The van der Waals surface area contributed by atoms with Gasteiger partial charge in [0, 0.05) is 19.5 Å². The third-order valence-electron chi connectivity index (χ3n) is 3.46. The van der Waals surface area contributed by atoms with Crippen molar-refractivity contribution in [2.75, 3.05) is 7.05 Å².